The molecule has 0 aromatic heterocycles. The number of hydrogen-bond acceptors (Lipinski definition) is 3. The summed E-state index contributed by atoms with van der Waals surface area (Å²) in [6.45, 7) is 5.04. The standard InChI is InChI=1S/C22H26O3/c1-3-5-9-15-25-20-14-10-13-19(16-20)21(17-22(23)24-4-2)18-11-7-6-8-12-18/h6-8,10-14,16-17H,3-5,9,15H2,1-2H3/b21-17+. The molecule has 0 spiro atoms. The van der Waals surface area contributed by atoms with Crippen LogP contribution >= 0.6 is 0 Å². The van der Waals surface area contributed by atoms with Crippen molar-refractivity contribution in [2.45, 2.75) is 33.1 Å². The Morgan fingerprint density at radius 2 is 1.72 bits per heavy atom. The molecule has 0 N–H and O–H groups in total. The van der Waals surface area contributed by atoms with Gasteiger partial charge in [0.2, 0.25) is 0 Å². The zero-order chi connectivity index (χ0) is 17.9. The molecule has 0 heterocycles. The van der Waals surface area contributed by atoms with Gasteiger partial charge in [-0.3, -0.25) is 0 Å². The van der Waals surface area contributed by atoms with Crippen molar-refractivity contribution >= 4 is 11.5 Å². The lowest BCUT2D eigenvalue weighted by Crippen LogP contribution is -2.02. The summed E-state index contributed by atoms with van der Waals surface area (Å²) in [6, 6.07) is 17.7. The minimum absolute atomic E-state index is 0.337. The van der Waals surface area contributed by atoms with Gasteiger partial charge in [0.1, 0.15) is 5.75 Å². The molecule has 3 nitrogen and oxygen atoms in total. The summed E-state index contributed by atoms with van der Waals surface area (Å²) in [5, 5.41) is 0. The van der Waals surface area contributed by atoms with E-state index < -0.39 is 0 Å². The van der Waals surface area contributed by atoms with E-state index in [9.17, 15) is 4.79 Å². The first-order chi connectivity index (χ1) is 12.2. The second-order valence-corrected chi connectivity index (χ2v) is 5.76. The molecular formula is C22H26O3. The van der Waals surface area contributed by atoms with Gasteiger partial charge in [-0.05, 0) is 42.2 Å². The van der Waals surface area contributed by atoms with Crippen molar-refractivity contribution in [3.8, 4) is 5.75 Å². The third-order valence-electron chi connectivity index (χ3n) is 3.80. The summed E-state index contributed by atoms with van der Waals surface area (Å²) in [5.41, 5.74) is 2.74. The Hall–Kier alpha value is -2.55. The van der Waals surface area contributed by atoms with E-state index in [4.69, 9.17) is 9.47 Å². The molecule has 2 aromatic carbocycles. The highest BCUT2D eigenvalue weighted by atomic mass is 16.5. The van der Waals surface area contributed by atoms with Crippen molar-refractivity contribution < 1.29 is 14.3 Å². The Labute approximate surface area is 150 Å². The molecule has 0 saturated carbocycles. The fraction of sp³-hybridized carbons (Fsp3) is 0.318. The van der Waals surface area contributed by atoms with E-state index in [0.717, 1.165) is 35.3 Å². The van der Waals surface area contributed by atoms with Gasteiger partial charge in [0.25, 0.3) is 0 Å². The van der Waals surface area contributed by atoms with Crippen molar-refractivity contribution in [1.82, 2.24) is 0 Å². The first-order valence-electron chi connectivity index (χ1n) is 8.91. The Bertz CT molecular complexity index is 689. The highest BCUT2D eigenvalue weighted by Crippen LogP contribution is 2.26. The van der Waals surface area contributed by atoms with Crippen LogP contribution in [0.15, 0.2) is 60.7 Å². The van der Waals surface area contributed by atoms with Crippen LogP contribution in [0.3, 0.4) is 0 Å². The van der Waals surface area contributed by atoms with Crippen LogP contribution in [0.1, 0.15) is 44.2 Å². The molecule has 0 atom stereocenters. The first-order valence-corrected chi connectivity index (χ1v) is 8.91. The van der Waals surface area contributed by atoms with Gasteiger partial charge in [-0.15, -0.1) is 0 Å². The van der Waals surface area contributed by atoms with Gasteiger partial charge in [-0.2, -0.15) is 0 Å². The van der Waals surface area contributed by atoms with Crippen LogP contribution < -0.4 is 4.74 Å². The average Bonchev–Trinajstić information content (AvgIpc) is 2.64. The maximum absolute atomic E-state index is 12.0. The number of carbonyl (C=O) groups is 1. The Balaban J connectivity index is 2.27. The zero-order valence-corrected chi connectivity index (χ0v) is 15.0. The molecule has 2 aromatic rings. The highest BCUT2D eigenvalue weighted by Gasteiger charge is 2.09. The van der Waals surface area contributed by atoms with E-state index in [0.29, 0.717) is 13.2 Å². The molecule has 0 aliphatic carbocycles. The topological polar surface area (TPSA) is 35.5 Å². The first kappa shape index (κ1) is 18.8. The van der Waals surface area contributed by atoms with E-state index >= 15 is 0 Å². The van der Waals surface area contributed by atoms with Crippen LogP contribution in [-0.4, -0.2) is 19.2 Å². The molecule has 132 valence electrons. The quantitative estimate of drug-likeness (QED) is 0.356. The van der Waals surface area contributed by atoms with Crippen LogP contribution in [0.5, 0.6) is 5.75 Å². The van der Waals surface area contributed by atoms with E-state index in [-0.39, 0.29) is 5.97 Å². The fourth-order valence-electron chi connectivity index (χ4n) is 2.55. The Kier molecular flexibility index (Phi) is 7.77. The lowest BCUT2D eigenvalue weighted by Gasteiger charge is -2.11. The molecule has 0 fully saturated rings. The van der Waals surface area contributed by atoms with Crippen molar-refractivity contribution in [2.75, 3.05) is 13.2 Å². The monoisotopic (exact) mass is 338 g/mol. The fourth-order valence-corrected chi connectivity index (χ4v) is 2.55. The molecule has 0 bridgehead atoms. The number of carbonyl (C=O) groups excluding carboxylic acids is 1. The van der Waals surface area contributed by atoms with Crippen molar-refractivity contribution in [3.05, 3.63) is 71.8 Å². The van der Waals surface area contributed by atoms with Gasteiger partial charge in [0.05, 0.1) is 13.2 Å². The molecule has 0 saturated heterocycles. The van der Waals surface area contributed by atoms with Gasteiger partial charge >= 0.3 is 5.97 Å². The second-order valence-electron chi connectivity index (χ2n) is 5.76. The minimum atomic E-state index is -0.337. The number of ether oxygens (including phenoxy) is 2. The summed E-state index contributed by atoms with van der Waals surface area (Å²) in [6.07, 6.45) is 4.93. The van der Waals surface area contributed by atoms with Crippen LogP contribution in [0.4, 0.5) is 0 Å². The van der Waals surface area contributed by atoms with E-state index in [1.54, 1.807) is 13.0 Å². The molecule has 3 heteroatoms. The number of rotatable bonds is 9. The van der Waals surface area contributed by atoms with Crippen LogP contribution in [0, 0.1) is 0 Å². The molecule has 0 amide bonds. The minimum Gasteiger partial charge on any atom is -0.494 e. The SMILES string of the molecule is CCCCCOc1cccc(/C(=C/C(=O)OCC)c2ccccc2)c1. The summed E-state index contributed by atoms with van der Waals surface area (Å²) in [4.78, 5) is 12.0. The summed E-state index contributed by atoms with van der Waals surface area (Å²) in [5.74, 6) is 0.481. The number of unbranched alkanes of at least 4 members (excludes halogenated alkanes) is 2. The largest absolute Gasteiger partial charge is 0.494 e. The molecule has 0 aliphatic heterocycles. The van der Waals surface area contributed by atoms with Crippen molar-refractivity contribution in [2.24, 2.45) is 0 Å². The van der Waals surface area contributed by atoms with E-state index in [2.05, 4.69) is 6.92 Å². The molecule has 0 radical (unpaired) electrons. The van der Waals surface area contributed by atoms with Crippen LogP contribution in [0.2, 0.25) is 0 Å². The zero-order valence-electron chi connectivity index (χ0n) is 15.0. The molecular weight excluding hydrogens is 312 g/mol. The van der Waals surface area contributed by atoms with Gasteiger partial charge in [0.15, 0.2) is 0 Å². The summed E-state index contributed by atoms with van der Waals surface area (Å²) < 4.78 is 10.9. The average molecular weight is 338 g/mol. The van der Waals surface area contributed by atoms with Crippen molar-refractivity contribution in [1.29, 1.82) is 0 Å². The summed E-state index contributed by atoms with van der Waals surface area (Å²) in [7, 11) is 0. The lowest BCUT2D eigenvalue weighted by molar-refractivity contribution is -0.137. The lowest BCUT2D eigenvalue weighted by atomic mass is 9.97. The smallest absolute Gasteiger partial charge is 0.331 e. The van der Waals surface area contributed by atoms with Gasteiger partial charge in [0, 0.05) is 6.08 Å². The second kappa shape index (κ2) is 10.3. The van der Waals surface area contributed by atoms with Crippen LogP contribution in [0.25, 0.3) is 5.57 Å². The predicted molar refractivity (Wildman–Crippen MR) is 102 cm³/mol. The third kappa shape index (κ3) is 6.11. The maximum Gasteiger partial charge on any atom is 0.331 e. The molecule has 0 unspecified atom stereocenters. The molecule has 2 rings (SSSR count). The van der Waals surface area contributed by atoms with Gasteiger partial charge in [-0.25, -0.2) is 4.79 Å². The number of hydrogen-bond donors (Lipinski definition) is 0. The van der Waals surface area contributed by atoms with Crippen molar-refractivity contribution in [3.63, 3.8) is 0 Å². The van der Waals surface area contributed by atoms with Crippen LogP contribution in [-0.2, 0) is 9.53 Å². The number of benzene rings is 2. The van der Waals surface area contributed by atoms with Gasteiger partial charge < -0.3 is 9.47 Å². The van der Waals surface area contributed by atoms with E-state index in [1.807, 2.05) is 54.6 Å². The Morgan fingerprint density at radius 1 is 0.960 bits per heavy atom. The van der Waals surface area contributed by atoms with E-state index in [1.165, 1.54) is 6.42 Å². The normalized spacial score (nSPS) is 11.2. The number of esters is 1. The predicted octanol–water partition coefficient (Wildman–Crippen LogP) is 5.25. The van der Waals surface area contributed by atoms with Gasteiger partial charge in [-0.1, -0.05) is 62.2 Å². The Morgan fingerprint density at radius 3 is 2.44 bits per heavy atom. The summed E-state index contributed by atoms with van der Waals surface area (Å²) >= 11 is 0. The molecule has 0 aliphatic rings. The maximum atomic E-state index is 12.0. The molecule has 25 heavy (non-hydrogen) atoms. The highest BCUT2D eigenvalue weighted by molar-refractivity contribution is 5.96. The third-order valence-corrected chi connectivity index (χ3v) is 3.80.